The maximum absolute atomic E-state index is 12.6. The summed E-state index contributed by atoms with van der Waals surface area (Å²) in [5, 5.41) is 12.3. The number of carbonyl (C=O) groups excluding carboxylic acids is 1. The summed E-state index contributed by atoms with van der Waals surface area (Å²) < 4.78 is 5.85. The normalized spacial score (nSPS) is 12.3. The molecular weight excluding hydrogens is 400 g/mol. The summed E-state index contributed by atoms with van der Waals surface area (Å²) in [6.07, 6.45) is 3.14. The van der Waals surface area contributed by atoms with Crippen LogP contribution in [-0.4, -0.2) is 39.5 Å². The second-order valence-electron chi connectivity index (χ2n) is 7.17. The van der Waals surface area contributed by atoms with Crippen LogP contribution in [0.3, 0.4) is 0 Å². The second kappa shape index (κ2) is 8.49. The largest absolute Gasteiger partial charge is 0.480 e. The van der Waals surface area contributed by atoms with Crippen molar-refractivity contribution in [2.45, 2.75) is 25.3 Å². The number of aromatic nitrogens is 2. The molecule has 1 aliphatic carbocycles. The van der Waals surface area contributed by atoms with Gasteiger partial charge in [-0.05, 0) is 56.1 Å². The van der Waals surface area contributed by atoms with Gasteiger partial charge in [0.05, 0.1) is 5.39 Å². The number of hydrogen-bond donors (Lipinski definition) is 3. The number of benzene rings is 2. The van der Waals surface area contributed by atoms with Crippen LogP contribution in [0.4, 0.5) is 0 Å². The molecule has 0 spiro atoms. The van der Waals surface area contributed by atoms with Crippen LogP contribution in [0.2, 0.25) is 0 Å². The lowest BCUT2D eigenvalue weighted by Gasteiger charge is -2.14. The molecule has 0 saturated carbocycles. The van der Waals surface area contributed by atoms with Crippen LogP contribution in [0.25, 0.3) is 33.5 Å². The van der Waals surface area contributed by atoms with Crippen molar-refractivity contribution in [2.75, 3.05) is 6.54 Å². The minimum atomic E-state index is -1.11. The topological polar surface area (TPSA) is 148 Å². The van der Waals surface area contributed by atoms with Gasteiger partial charge in [0.2, 0.25) is 0 Å². The van der Waals surface area contributed by atoms with Crippen LogP contribution in [0.5, 0.6) is 0 Å². The Morgan fingerprint density at radius 2 is 2.03 bits per heavy atom. The van der Waals surface area contributed by atoms with E-state index in [9.17, 15) is 19.5 Å². The molecule has 1 amide bonds. The zero-order valence-corrected chi connectivity index (χ0v) is 16.5. The molecule has 1 atom stereocenters. The predicted octanol–water partition coefficient (Wildman–Crippen LogP) is 2.15. The molecule has 2 aliphatic rings. The van der Waals surface area contributed by atoms with Crippen LogP contribution in [0, 0.1) is 0 Å². The highest BCUT2D eigenvalue weighted by molar-refractivity contribution is 5.99. The van der Waals surface area contributed by atoms with Crippen molar-refractivity contribution in [3.05, 3.63) is 58.4 Å². The quantitative estimate of drug-likeness (QED) is 0.234. The Labute approximate surface area is 176 Å². The number of fused-ring (bicyclic) bond motifs is 4. The van der Waals surface area contributed by atoms with Gasteiger partial charge in [-0.3, -0.25) is 14.6 Å². The zero-order chi connectivity index (χ0) is 22.0. The van der Waals surface area contributed by atoms with Gasteiger partial charge in [0.15, 0.2) is 16.8 Å². The molecule has 9 nitrogen and oxygen atoms in total. The molecule has 4 rings (SSSR count). The molecule has 0 fully saturated rings. The van der Waals surface area contributed by atoms with Crippen LogP contribution < -0.4 is 16.5 Å². The van der Waals surface area contributed by atoms with Gasteiger partial charge in [0, 0.05) is 17.8 Å². The maximum Gasteiger partial charge on any atom is 0.326 e. The van der Waals surface area contributed by atoms with Crippen molar-refractivity contribution in [2.24, 2.45) is 5.73 Å². The second-order valence-corrected chi connectivity index (χ2v) is 7.17. The number of nitrogens with two attached hydrogens (primary N) is 1. The van der Waals surface area contributed by atoms with Crippen molar-refractivity contribution in [3.8, 4) is 11.5 Å². The van der Waals surface area contributed by atoms with Crippen LogP contribution in [0.15, 0.2) is 51.8 Å². The van der Waals surface area contributed by atoms with Crippen molar-refractivity contribution in [3.63, 3.8) is 0 Å². The van der Waals surface area contributed by atoms with Gasteiger partial charge in [0.1, 0.15) is 22.8 Å². The molecule has 2 aromatic rings. The van der Waals surface area contributed by atoms with E-state index in [0.717, 1.165) is 0 Å². The molecule has 1 aromatic carbocycles. The predicted molar refractivity (Wildman–Crippen MR) is 114 cm³/mol. The Balaban J connectivity index is 1.69. The van der Waals surface area contributed by atoms with E-state index in [4.69, 9.17) is 10.2 Å². The fourth-order valence-corrected chi connectivity index (χ4v) is 3.42. The molecule has 0 unspecified atom stereocenters. The van der Waals surface area contributed by atoms with Gasteiger partial charge >= 0.3 is 5.97 Å². The number of unbranched alkanes of at least 4 members (excludes halogenated alkanes) is 1. The molecule has 9 heteroatoms. The summed E-state index contributed by atoms with van der Waals surface area (Å²) in [5.41, 5.74) is 7.10. The van der Waals surface area contributed by atoms with Gasteiger partial charge in [-0.25, -0.2) is 9.78 Å². The molecule has 31 heavy (non-hydrogen) atoms. The smallest absolute Gasteiger partial charge is 0.326 e. The first-order chi connectivity index (χ1) is 15.0. The number of hydrogen-bond acceptors (Lipinski definition) is 7. The summed E-state index contributed by atoms with van der Waals surface area (Å²) in [6.45, 7) is 0.462. The van der Waals surface area contributed by atoms with Gasteiger partial charge < -0.3 is 20.6 Å². The molecular formula is C22H20N4O5. The maximum atomic E-state index is 12.6. The fraction of sp³-hybridized carbons (Fsp3) is 0.227. The van der Waals surface area contributed by atoms with E-state index in [0.29, 0.717) is 47.1 Å². The van der Waals surface area contributed by atoms with E-state index >= 15 is 0 Å². The van der Waals surface area contributed by atoms with Gasteiger partial charge in [-0.1, -0.05) is 0 Å². The highest BCUT2D eigenvalue weighted by atomic mass is 16.4. The van der Waals surface area contributed by atoms with Crippen LogP contribution in [-0.2, 0) is 4.79 Å². The van der Waals surface area contributed by atoms with Gasteiger partial charge in [-0.2, -0.15) is 0 Å². The lowest BCUT2D eigenvalue weighted by Crippen LogP contribution is -2.40. The molecule has 2 heterocycles. The van der Waals surface area contributed by atoms with Gasteiger partial charge in [0.25, 0.3) is 5.91 Å². The number of carbonyl (C=O) groups is 2. The monoisotopic (exact) mass is 420 g/mol. The number of nitrogens with one attached hydrogen (secondary N) is 1. The minimum Gasteiger partial charge on any atom is -0.480 e. The lowest BCUT2D eigenvalue weighted by atomic mass is 10.1. The Kier molecular flexibility index (Phi) is 5.59. The third-order valence-corrected chi connectivity index (χ3v) is 5.02. The fourth-order valence-electron chi connectivity index (χ4n) is 3.42. The number of nitrogens with zero attached hydrogens (tertiary/aromatic N) is 2. The van der Waals surface area contributed by atoms with Crippen LogP contribution >= 0.6 is 0 Å². The molecule has 0 saturated heterocycles. The average Bonchev–Trinajstić information content (AvgIpc) is 2.77. The van der Waals surface area contributed by atoms with E-state index in [1.165, 1.54) is 12.1 Å². The van der Waals surface area contributed by atoms with E-state index in [-0.39, 0.29) is 23.2 Å². The summed E-state index contributed by atoms with van der Waals surface area (Å²) >= 11 is 0. The Bertz CT molecular complexity index is 1320. The van der Waals surface area contributed by atoms with Crippen LogP contribution in [0.1, 0.15) is 29.6 Å². The highest BCUT2D eigenvalue weighted by Crippen LogP contribution is 2.29. The number of carboxylic acid groups (broad SMARTS) is 1. The summed E-state index contributed by atoms with van der Waals surface area (Å²) in [5.74, 6) is -1.39. The first-order valence-electron chi connectivity index (χ1n) is 9.84. The molecule has 1 aromatic heterocycles. The number of aliphatic carboxylic acids is 1. The van der Waals surface area contributed by atoms with Crippen molar-refractivity contribution >= 4 is 33.9 Å². The third kappa shape index (κ3) is 4.08. The highest BCUT2D eigenvalue weighted by Gasteiger charge is 2.21. The van der Waals surface area contributed by atoms with Crippen molar-refractivity contribution in [1.82, 2.24) is 15.3 Å². The van der Waals surface area contributed by atoms with Crippen molar-refractivity contribution < 1.29 is 19.1 Å². The first-order valence-corrected chi connectivity index (χ1v) is 9.84. The van der Waals surface area contributed by atoms with E-state index in [1.807, 2.05) is 0 Å². The number of carboxylic acids is 1. The zero-order valence-electron chi connectivity index (χ0n) is 16.5. The van der Waals surface area contributed by atoms with E-state index < -0.39 is 17.9 Å². The SMILES string of the molecule is NCCCC[C@H](NC(=O)c1ccc2nc3c4ncccc4c(=O)cc-3oc2c1)C(=O)O. The molecule has 1 aliphatic heterocycles. The average molecular weight is 420 g/mol. The summed E-state index contributed by atoms with van der Waals surface area (Å²) in [7, 11) is 0. The Morgan fingerprint density at radius 3 is 2.81 bits per heavy atom. The number of rotatable bonds is 7. The molecule has 158 valence electrons. The standard InChI is InChI=1S/C22H20N4O5/c23-8-2-1-5-15(22(29)30)26-21(28)12-6-7-14-17(10-12)31-18-11-16(27)13-4-3-9-24-19(13)20(18)25-14/h3-4,6-7,9-11,15H,1-2,5,8,23H2,(H,26,28)(H,29,30)/t15-/m0/s1. The summed E-state index contributed by atoms with van der Waals surface area (Å²) in [4.78, 5) is 45.2. The summed E-state index contributed by atoms with van der Waals surface area (Å²) in [6, 6.07) is 8.32. The Morgan fingerprint density at radius 1 is 1.19 bits per heavy atom. The third-order valence-electron chi connectivity index (χ3n) is 5.02. The Hall–Kier alpha value is -3.85. The van der Waals surface area contributed by atoms with Crippen molar-refractivity contribution in [1.29, 1.82) is 0 Å². The molecule has 0 bridgehead atoms. The molecule has 0 radical (unpaired) electrons. The van der Waals surface area contributed by atoms with E-state index in [2.05, 4.69) is 15.3 Å². The number of pyridine rings is 1. The van der Waals surface area contributed by atoms with E-state index in [1.54, 1.807) is 30.5 Å². The molecule has 4 N–H and O–H groups in total. The van der Waals surface area contributed by atoms with Gasteiger partial charge in [-0.15, -0.1) is 0 Å². The number of amides is 1. The minimum absolute atomic E-state index is 0.226. The first kappa shape index (κ1) is 20.4. The lowest BCUT2D eigenvalue weighted by molar-refractivity contribution is -0.139.